The third kappa shape index (κ3) is 3.16. The summed E-state index contributed by atoms with van der Waals surface area (Å²) in [5, 5.41) is 40.2. The van der Waals surface area contributed by atoms with Crippen LogP contribution in [0.15, 0.2) is 47.3 Å². The number of pyridine rings is 1. The van der Waals surface area contributed by atoms with Gasteiger partial charge in [-0.25, -0.2) is 0 Å². The first-order chi connectivity index (χ1) is 15.3. The molecule has 1 aromatic heterocycles. The number of nitriles is 2. The van der Waals surface area contributed by atoms with Crippen molar-refractivity contribution in [2.45, 2.75) is 12.1 Å². The van der Waals surface area contributed by atoms with Gasteiger partial charge < -0.3 is 20.3 Å². The van der Waals surface area contributed by atoms with Gasteiger partial charge in [-0.05, 0) is 18.2 Å². The van der Waals surface area contributed by atoms with Gasteiger partial charge in [0.2, 0.25) is 5.60 Å². The number of carbonyl (C=O) groups is 2. The predicted molar refractivity (Wildman–Crippen MR) is 109 cm³/mol. The lowest BCUT2D eigenvalue weighted by molar-refractivity contribution is -0.144. The summed E-state index contributed by atoms with van der Waals surface area (Å²) in [6.45, 7) is -1.02. The summed E-state index contributed by atoms with van der Waals surface area (Å²) >= 11 is 0. The van der Waals surface area contributed by atoms with Crippen molar-refractivity contribution in [1.82, 2.24) is 9.88 Å². The smallest absolute Gasteiger partial charge is 0.322 e. The summed E-state index contributed by atoms with van der Waals surface area (Å²) in [4.78, 5) is 37.0. The van der Waals surface area contributed by atoms with E-state index in [2.05, 4.69) is 5.32 Å². The largest absolute Gasteiger partial charge is 0.507 e. The number of carboxylic acids is 1. The number of carboxylic acid groups (broad SMARTS) is 1. The van der Waals surface area contributed by atoms with E-state index >= 15 is 0 Å². The molecule has 0 aliphatic carbocycles. The Morgan fingerprint density at radius 2 is 1.81 bits per heavy atom. The average Bonchev–Trinajstić information content (AvgIpc) is 2.79. The van der Waals surface area contributed by atoms with Crippen LogP contribution < -0.4 is 15.6 Å². The SMILES string of the molecule is N#Cc1ccc(C2(C(=O)NCC(=O)O)Cn3c(=O)cc(O)c4cc(C#N)cc(c43)O2)cc1. The molecule has 10 nitrogen and oxygen atoms in total. The van der Waals surface area contributed by atoms with Crippen LogP contribution in [0.2, 0.25) is 0 Å². The Hall–Kier alpha value is -4.83. The van der Waals surface area contributed by atoms with Gasteiger partial charge in [-0.2, -0.15) is 10.5 Å². The molecular formula is C22H14N4O6. The predicted octanol–water partition coefficient (Wildman–Crippen LogP) is 0.939. The van der Waals surface area contributed by atoms with Crippen molar-refractivity contribution in [3.8, 4) is 23.6 Å². The number of benzene rings is 2. The zero-order valence-electron chi connectivity index (χ0n) is 16.3. The number of aliphatic carboxylic acids is 1. The second-order valence-electron chi connectivity index (χ2n) is 7.13. The molecule has 4 rings (SSSR count). The molecule has 1 amide bonds. The number of amides is 1. The van der Waals surface area contributed by atoms with Crippen LogP contribution in [0.1, 0.15) is 16.7 Å². The molecule has 1 aliphatic rings. The Labute approximate surface area is 180 Å². The molecule has 0 fully saturated rings. The molecule has 1 aliphatic heterocycles. The van der Waals surface area contributed by atoms with Gasteiger partial charge in [0, 0.05) is 23.1 Å². The van der Waals surface area contributed by atoms with Crippen molar-refractivity contribution in [1.29, 1.82) is 10.5 Å². The highest BCUT2D eigenvalue weighted by Crippen LogP contribution is 2.41. The maximum Gasteiger partial charge on any atom is 0.322 e. The fourth-order valence-corrected chi connectivity index (χ4v) is 3.72. The number of aromatic hydroxyl groups is 1. The number of hydrogen-bond acceptors (Lipinski definition) is 7. The van der Waals surface area contributed by atoms with Crippen molar-refractivity contribution in [2.24, 2.45) is 0 Å². The first-order valence-corrected chi connectivity index (χ1v) is 9.29. The summed E-state index contributed by atoms with van der Waals surface area (Å²) in [7, 11) is 0. The van der Waals surface area contributed by atoms with Crippen molar-refractivity contribution >= 4 is 22.8 Å². The van der Waals surface area contributed by atoms with Crippen LogP contribution in [0.25, 0.3) is 10.9 Å². The molecule has 2 heterocycles. The standard InChI is InChI=1S/C22H14N4O6/c23-8-12-1-3-14(4-2-12)22(21(31)25-10-19(29)30)11-26-18(28)7-16(27)15-5-13(9-24)6-17(32-22)20(15)26/h1-7,27H,10-11H2,(H,25,31)(H,29,30). The molecule has 10 heteroatoms. The van der Waals surface area contributed by atoms with Gasteiger partial charge in [0.1, 0.15) is 18.0 Å². The fourth-order valence-electron chi connectivity index (χ4n) is 3.72. The topological polar surface area (TPSA) is 165 Å². The van der Waals surface area contributed by atoms with E-state index in [4.69, 9.17) is 15.1 Å². The van der Waals surface area contributed by atoms with Crippen molar-refractivity contribution in [3.05, 3.63) is 69.5 Å². The number of carbonyl (C=O) groups excluding carboxylic acids is 1. The van der Waals surface area contributed by atoms with E-state index in [0.717, 1.165) is 6.07 Å². The maximum atomic E-state index is 13.2. The van der Waals surface area contributed by atoms with E-state index in [1.54, 1.807) is 0 Å². The van der Waals surface area contributed by atoms with Crippen molar-refractivity contribution in [2.75, 3.05) is 6.54 Å². The van der Waals surface area contributed by atoms with Crippen LogP contribution in [0.3, 0.4) is 0 Å². The minimum Gasteiger partial charge on any atom is -0.507 e. The average molecular weight is 430 g/mol. The molecule has 1 unspecified atom stereocenters. The number of nitrogens with zero attached hydrogens (tertiary/aromatic N) is 3. The minimum atomic E-state index is -1.88. The van der Waals surface area contributed by atoms with E-state index in [1.165, 1.54) is 41.0 Å². The van der Waals surface area contributed by atoms with Crippen LogP contribution in [-0.2, 0) is 21.7 Å². The Bertz CT molecular complexity index is 1430. The number of nitrogens with one attached hydrogen (secondary N) is 1. The molecule has 1 atom stereocenters. The molecule has 158 valence electrons. The number of hydrogen-bond donors (Lipinski definition) is 3. The monoisotopic (exact) mass is 430 g/mol. The van der Waals surface area contributed by atoms with E-state index < -0.39 is 29.6 Å². The van der Waals surface area contributed by atoms with Gasteiger partial charge in [0.25, 0.3) is 11.5 Å². The molecule has 0 bridgehead atoms. The first-order valence-electron chi connectivity index (χ1n) is 9.29. The van der Waals surface area contributed by atoms with Gasteiger partial charge in [-0.15, -0.1) is 0 Å². The summed E-state index contributed by atoms with van der Waals surface area (Å²) in [5.74, 6) is -2.45. The highest BCUT2D eigenvalue weighted by atomic mass is 16.5. The summed E-state index contributed by atoms with van der Waals surface area (Å²) in [5.41, 5.74) is -1.59. The molecule has 0 saturated carbocycles. The molecule has 0 radical (unpaired) electrons. The lowest BCUT2D eigenvalue weighted by Gasteiger charge is -2.38. The number of rotatable bonds is 4. The van der Waals surface area contributed by atoms with Crippen molar-refractivity contribution < 1.29 is 24.5 Å². The van der Waals surface area contributed by atoms with Gasteiger partial charge in [0.15, 0.2) is 0 Å². The van der Waals surface area contributed by atoms with Gasteiger partial charge in [0.05, 0.1) is 35.3 Å². The third-order valence-corrected chi connectivity index (χ3v) is 5.19. The lowest BCUT2D eigenvalue weighted by Crippen LogP contribution is -2.55. The van der Waals surface area contributed by atoms with Crippen LogP contribution in [-0.4, -0.2) is 33.2 Å². The number of aromatic nitrogens is 1. The molecule has 3 N–H and O–H groups in total. The summed E-state index contributed by atoms with van der Waals surface area (Å²) in [6, 6.07) is 13.5. The number of ether oxygens (including phenoxy) is 1. The Morgan fingerprint density at radius 3 is 2.44 bits per heavy atom. The van der Waals surface area contributed by atoms with Crippen LogP contribution in [0.4, 0.5) is 0 Å². The molecule has 32 heavy (non-hydrogen) atoms. The van der Waals surface area contributed by atoms with Gasteiger partial charge >= 0.3 is 5.97 Å². The zero-order valence-corrected chi connectivity index (χ0v) is 16.3. The first kappa shape index (κ1) is 20.4. The van der Waals surface area contributed by atoms with Crippen molar-refractivity contribution in [3.63, 3.8) is 0 Å². The molecule has 3 aromatic rings. The Kier molecular flexibility index (Phi) is 4.76. The highest BCUT2D eigenvalue weighted by molar-refractivity contribution is 5.95. The van der Waals surface area contributed by atoms with Crippen LogP contribution in [0.5, 0.6) is 11.5 Å². The van der Waals surface area contributed by atoms with E-state index in [9.17, 15) is 24.8 Å². The summed E-state index contributed by atoms with van der Waals surface area (Å²) in [6.07, 6.45) is 0. The molecule has 2 aromatic carbocycles. The Balaban J connectivity index is 1.98. The fraction of sp³-hybridized carbons (Fsp3) is 0.136. The highest BCUT2D eigenvalue weighted by Gasteiger charge is 2.47. The van der Waals surface area contributed by atoms with Crippen LogP contribution >= 0.6 is 0 Å². The molecule has 0 spiro atoms. The zero-order chi connectivity index (χ0) is 23.0. The normalized spacial score (nSPS) is 16.4. The quantitative estimate of drug-likeness (QED) is 0.550. The second kappa shape index (κ2) is 7.45. The maximum absolute atomic E-state index is 13.2. The van der Waals surface area contributed by atoms with Crippen LogP contribution in [0, 0.1) is 22.7 Å². The second-order valence-corrected chi connectivity index (χ2v) is 7.13. The van der Waals surface area contributed by atoms with E-state index in [1.807, 2.05) is 12.1 Å². The van der Waals surface area contributed by atoms with Gasteiger partial charge in [-0.1, -0.05) is 12.1 Å². The molecule has 0 saturated heterocycles. The van der Waals surface area contributed by atoms with E-state index in [-0.39, 0.29) is 40.1 Å². The van der Waals surface area contributed by atoms with E-state index in [0.29, 0.717) is 5.56 Å². The lowest BCUT2D eigenvalue weighted by atomic mass is 9.89. The summed E-state index contributed by atoms with van der Waals surface area (Å²) < 4.78 is 7.32. The van der Waals surface area contributed by atoms with Gasteiger partial charge in [-0.3, -0.25) is 19.0 Å². The molecular weight excluding hydrogens is 416 g/mol. The minimum absolute atomic E-state index is 0.00636. The third-order valence-electron chi connectivity index (χ3n) is 5.19. The Morgan fingerprint density at radius 1 is 1.12 bits per heavy atom.